The van der Waals surface area contributed by atoms with Crippen molar-refractivity contribution < 1.29 is 4.79 Å². The zero-order valence-electron chi connectivity index (χ0n) is 12.0. The minimum atomic E-state index is 0.148. The number of hydrogen-bond acceptors (Lipinski definition) is 1. The number of carbonyl (C=O) groups is 1. The number of hydrogen-bond donors (Lipinski definition) is 0. The first kappa shape index (κ1) is 14.3. The molecule has 1 heterocycles. The maximum atomic E-state index is 12.3. The molecule has 17 heavy (non-hydrogen) atoms. The van der Waals surface area contributed by atoms with Gasteiger partial charge in [-0.25, -0.2) is 0 Å². The van der Waals surface area contributed by atoms with Crippen LogP contribution in [0.5, 0.6) is 0 Å². The topological polar surface area (TPSA) is 20.3 Å². The highest BCUT2D eigenvalue weighted by atomic mass is 16.2. The maximum Gasteiger partial charge on any atom is 0.225 e. The summed E-state index contributed by atoms with van der Waals surface area (Å²) in [4.78, 5) is 14.4. The number of likely N-dealkylation sites (tertiary alicyclic amines) is 1. The van der Waals surface area contributed by atoms with Gasteiger partial charge in [-0.3, -0.25) is 4.79 Å². The Bertz CT molecular complexity index is 300. The van der Waals surface area contributed by atoms with Crippen LogP contribution in [0.1, 0.15) is 53.9 Å². The molecule has 0 saturated carbocycles. The molecule has 1 fully saturated rings. The molecule has 0 aromatic carbocycles. The van der Waals surface area contributed by atoms with Crippen LogP contribution in [-0.4, -0.2) is 23.9 Å². The van der Waals surface area contributed by atoms with Crippen molar-refractivity contribution in [3.8, 4) is 0 Å². The highest BCUT2D eigenvalue weighted by Crippen LogP contribution is 2.34. The Balaban J connectivity index is 2.74. The molecule has 0 aromatic rings. The highest BCUT2D eigenvalue weighted by molar-refractivity contribution is 5.79. The van der Waals surface area contributed by atoms with Gasteiger partial charge in [0.15, 0.2) is 0 Å². The first-order chi connectivity index (χ1) is 7.96. The number of piperidine rings is 1. The van der Waals surface area contributed by atoms with Crippen LogP contribution in [0.25, 0.3) is 0 Å². The quantitative estimate of drug-likeness (QED) is 0.686. The summed E-state index contributed by atoms with van der Waals surface area (Å²) in [6, 6.07) is 0. The fraction of sp³-hybridized carbons (Fsp3) is 0.800. The average molecular weight is 237 g/mol. The van der Waals surface area contributed by atoms with Gasteiger partial charge in [0.05, 0.1) is 0 Å². The Kier molecular flexibility index (Phi) is 4.79. The zero-order chi connectivity index (χ0) is 13.1. The van der Waals surface area contributed by atoms with Crippen molar-refractivity contribution in [3.05, 3.63) is 11.6 Å². The van der Waals surface area contributed by atoms with Crippen LogP contribution in [0.4, 0.5) is 0 Å². The molecule has 2 heteroatoms. The molecule has 2 nitrogen and oxygen atoms in total. The molecule has 1 saturated heterocycles. The van der Waals surface area contributed by atoms with Gasteiger partial charge < -0.3 is 4.90 Å². The third-order valence-electron chi connectivity index (χ3n) is 4.10. The van der Waals surface area contributed by atoms with E-state index in [0.717, 1.165) is 32.4 Å². The van der Waals surface area contributed by atoms with E-state index < -0.39 is 0 Å². The molecule has 0 aliphatic carbocycles. The standard InChI is InChI=1S/C15H27NO/c1-6-12(7-2)14(17)16-10-9-13(8-3)15(4,5)11-16/h8,12H,6-7,9-11H2,1-5H3/b13-8+. The molecule has 0 unspecified atom stereocenters. The summed E-state index contributed by atoms with van der Waals surface area (Å²) in [7, 11) is 0. The predicted molar refractivity (Wildman–Crippen MR) is 72.8 cm³/mol. The number of nitrogens with zero attached hydrogens (tertiary/aromatic N) is 1. The number of allylic oxidation sites excluding steroid dienone is 1. The molecule has 0 radical (unpaired) electrons. The van der Waals surface area contributed by atoms with E-state index in [9.17, 15) is 4.79 Å². The minimum absolute atomic E-state index is 0.148. The molecule has 0 spiro atoms. The second kappa shape index (κ2) is 5.70. The summed E-state index contributed by atoms with van der Waals surface area (Å²) in [5, 5.41) is 0. The molecule has 1 amide bonds. The number of carbonyl (C=O) groups excluding carboxylic acids is 1. The third kappa shape index (κ3) is 3.11. The Morgan fingerprint density at radius 1 is 1.41 bits per heavy atom. The van der Waals surface area contributed by atoms with Crippen LogP contribution in [0.3, 0.4) is 0 Å². The molecule has 0 bridgehead atoms. The first-order valence-corrected chi connectivity index (χ1v) is 6.90. The Morgan fingerprint density at radius 2 is 2.00 bits per heavy atom. The predicted octanol–water partition coefficient (Wildman–Crippen LogP) is 3.63. The molecular weight excluding hydrogens is 210 g/mol. The Morgan fingerprint density at radius 3 is 2.41 bits per heavy atom. The molecule has 98 valence electrons. The smallest absolute Gasteiger partial charge is 0.225 e. The van der Waals surface area contributed by atoms with E-state index in [-0.39, 0.29) is 11.3 Å². The van der Waals surface area contributed by atoms with E-state index in [0.29, 0.717) is 5.91 Å². The molecule has 0 N–H and O–H groups in total. The lowest BCUT2D eigenvalue weighted by molar-refractivity contribution is -0.137. The monoisotopic (exact) mass is 237 g/mol. The molecule has 1 aliphatic rings. The van der Waals surface area contributed by atoms with Gasteiger partial charge >= 0.3 is 0 Å². The first-order valence-electron chi connectivity index (χ1n) is 6.90. The van der Waals surface area contributed by atoms with Crippen molar-refractivity contribution in [1.29, 1.82) is 0 Å². The molecule has 0 aromatic heterocycles. The van der Waals surface area contributed by atoms with E-state index in [4.69, 9.17) is 0 Å². The Labute approximate surface area is 106 Å². The van der Waals surface area contributed by atoms with Gasteiger partial charge in [0, 0.05) is 24.4 Å². The van der Waals surface area contributed by atoms with Gasteiger partial charge in [0.2, 0.25) is 5.91 Å². The van der Waals surface area contributed by atoms with Gasteiger partial charge in [-0.15, -0.1) is 0 Å². The van der Waals surface area contributed by atoms with Crippen LogP contribution in [-0.2, 0) is 4.79 Å². The fourth-order valence-electron chi connectivity index (χ4n) is 2.87. The van der Waals surface area contributed by atoms with Gasteiger partial charge in [-0.1, -0.05) is 39.3 Å². The maximum absolute atomic E-state index is 12.3. The summed E-state index contributed by atoms with van der Waals surface area (Å²) in [5.41, 5.74) is 1.64. The molecule has 1 rings (SSSR count). The summed E-state index contributed by atoms with van der Waals surface area (Å²) >= 11 is 0. The number of amides is 1. The van der Waals surface area contributed by atoms with Crippen molar-refractivity contribution in [3.63, 3.8) is 0 Å². The van der Waals surface area contributed by atoms with E-state index in [1.807, 2.05) is 0 Å². The van der Waals surface area contributed by atoms with Crippen molar-refractivity contribution >= 4 is 5.91 Å². The molecule has 1 aliphatic heterocycles. The summed E-state index contributed by atoms with van der Waals surface area (Å²) < 4.78 is 0. The molecule has 0 atom stereocenters. The van der Waals surface area contributed by atoms with E-state index in [1.165, 1.54) is 5.57 Å². The summed E-state index contributed by atoms with van der Waals surface area (Å²) in [6.45, 7) is 12.6. The largest absolute Gasteiger partial charge is 0.341 e. The van der Waals surface area contributed by atoms with Crippen LogP contribution in [0.2, 0.25) is 0 Å². The fourth-order valence-corrected chi connectivity index (χ4v) is 2.87. The summed E-state index contributed by atoms with van der Waals surface area (Å²) in [6.07, 6.45) is 5.18. The van der Waals surface area contributed by atoms with Crippen molar-refractivity contribution in [2.24, 2.45) is 11.3 Å². The Hall–Kier alpha value is -0.790. The van der Waals surface area contributed by atoms with Crippen molar-refractivity contribution in [1.82, 2.24) is 4.90 Å². The van der Waals surface area contributed by atoms with Gasteiger partial charge in [-0.2, -0.15) is 0 Å². The zero-order valence-corrected chi connectivity index (χ0v) is 12.0. The van der Waals surface area contributed by atoms with E-state index >= 15 is 0 Å². The van der Waals surface area contributed by atoms with Gasteiger partial charge in [-0.05, 0) is 26.2 Å². The van der Waals surface area contributed by atoms with Crippen LogP contribution >= 0.6 is 0 Å². The third-order valence-corrected chi connectivity index (χ3v) is 4.10. The normalized spacial score (nSPS) is 22.2. The number of rotatable bonds is 3. The lowest BCUT2D eigenvalue weighted by atomic mass is 9.78. The minimum Gasteiger partial charge on any atom is -0.341 e. The van der Waals surface area contributed by atoms with Gasteiger partial charge in [0.1, 0.15) is 0 Å². The average Bonchev–Trinajstić information content (AvgIpc) is 2.29. The van der Waals surface area contributed by atoms with Crippen molar-refractivity contribution in [2.45, 2.75) is 53.9 Å². The lowest BCUT2D eigenvalue weighted by Gasteiger charge is -2.41. The van der Waals surface area contributed by atoms with Crippen LogP contribution < -0.4 is 0 Å². The highest BCUT2D eigenvalue weighted by Gasteiger charge is 2.34. The van der Waals surface area contributed by atoms with Crippen LogP contribution in [0, 0.1) is 11.3 Å². The van der Waals surface area contributed by atoms with Crippen LogP contribution in [0.15, 0.2) is 11.6 Å². The SMILES string of the molecule is C/C=C1\CCN(C(=O)C(CC)CC)CC1(C)C. The van der Waals surface area contributed by atoms with E-state index in [2.05, 4.69) is 45.6 Å². The molecular formula is C15H27NO. The lowest BCUT2D eigenvalue weighted by Crippen LogP contribution is -2.47. The van der Waals surface area contributed by atoms with Crippen molar-refractivity contribution in [2.75, 3.05) is 13.1 Å². The summed E-state index contributed by atoms with van der Waals surface area (Å²) in [5.74, 6) is 0.580. The second-order valence-electron chi connectivity index (χ2n) is 5.72. The second-order valence-corrected chi connectivity index (χ2v) is 5.72. The van der Waals surface area contributed by atoms with E-state index in [1.54, 1.807) is 0 Å². The van der Waals surface area contributed by atoms with Gasteiger partial charge in [0.25, 0.3) is 0 Å².